The van der Waals surface area contributed by atoms with Gasteiger partial charge in [-0.1, -0.05) is 11.6 Å². The predicted octanol–water partition coefficient (Wildman–Crippen LogP) is 4.18. The lowest BCUT2D eigenvalue weighted by Gasteiger charge is -2.11. The van der Waals surface area contributed by atoms with Gasteiger partial charge in [0.15, 0.2) is 0 Å². The Bertz CT molecular complexity index is 1340. The van der Waals surface area contributed by atoms with Gasteiger partial charge in [-0.3, -0.25) is 14.7 Å². The number of aromatic amines is 1. The summed E-state index contributed by atoms with van der Waals surface area (Å²) >= 11 is 6.57. The number of rotatable bonds is 6. The Morgan fingerprint density at radius 3 is 2.65 bits per heavy atom. The first-order valence-corrected chi connectivity index (χ1v) is 10.6. The van der Waals surface area contributed by atoms with E-state index >= 15 is 0 Å². The van der Waals surface area contributed by atoms with Gasteiger partial charge in [0.25, 0.3) is 11.8 Å². The van der Waals surface area contributed by atoms with Crippen molar-refractivity contribution in [2.24, 2.45) is 0 Å². The average Bonchev–Trinajstić information content (AvgIpc) is 3.50. The largest absolute Gasteiger partial charge is 0.417 e. The number of thiazole rings is 1. The van der Waals surface area contributed by atoms with E-state index in [1.807, 2.05) is 0 Å². The molecule has 0 saturated heterocycles. The average molecular weight is 508 g/mol. The number of carbonyl (C=O) groups excluding carboxylic acids is 2. The number of benzene rings is 1. The summed E-state index contributed by atoms with van der Waals surface area (Å²) in [7, 11) is 0. The normalized spacial score (nSPS) is 11.3. The maximum absolute atomic E-state index is 13.0. The van der Waals surface area contributed by atoms with Gasteiger partial charge in [-0.2, -0.15) is 18.3 Å². The van der Waals surface area contributed by atoms with Crippen LogP contribution in [0.25, 0.3) is 11.3 Å². The molecular weight excluding hydrogens is 495 g/mol. The second kappa shape index (κ2) is 9.57. The van der Waals surface area contributed by atoms with Gasteiger partial charge in [-0.25, -0.2) is 15.0 Å². The Kier molecular flexibility index (Phi) is 6.56. The second-order valence-electron chi connectivity index (χ2n) is 6.72. The van der Waals surface area contributed by atoms with Crippen molar-refractivity contribution in [1.82, 2.24) is 30.5 Å². The molecule has 4 rings (SSSR count). The van der Waals surface area contributed by atoms with E-state index in [0.29, 0.717) is 16.3 Å². The number of aromatic nitrogens is 5. The third-order valence-electron chi connectivity index (χ3n) is 4.40. The fraction of sp³-hybridized carbons (Fsp3) is 0.100. The Balaban J connectivity index is 1.38. The highest BCUT2D eigenvalue weighted by Crippen LogP contribution is 2.36. The van der Waals surface area contributed by atoms with Crippen LogP contribution in [0.5, 0.6) is 0 Å². The van der Waals surface area contributed by atoms with Crippen LogP contribution in [0, 0.1) is 0 Å². The van der Waals surface area contributed by atoms with Crippen molar-refractivity contribution in [3.05, 3.63) is 75.3 Å². The van der Waals surface area contributed by atoms with Crippen molar-refractivity contribution in [1.29, 1.82) is 0 Å². The lowest BCUT2D eigenvalue weighted by atomic mass is 10.2. The summed E-state index contributed by atoms with van der Waals surface area (Å²) in [6.07, 6.45) is 1.05. The molecule has 9 nitrogen and oxygen atoms in total. The standard InChI is InChI=1S/C20H13ClF3N7O2S/c21-13-2-1-11(3-12(13)20(22,23)24)31-19(33)16-7-25-17(34-16)8-26-18(32)15-4-14(27-9-28-15)10-5-29-30-6-10/h1-7,9H,8H2,(H,26,32)(H,29,30)(H,31,33). The van der Waals surface area contributed by atoms with E-state index < -0.39 is 28.6 Å². The van der Waals surface area contributed by atoms with Crippen LogP contribution in [0.2, 0.25) is 5.02 Å². The van der Waals surface area contributed by atoms with Crippen molar-refractivity contribution in [2.75, 3.05) is 5.32 Å². The molecule has 2 amide bonds. The molecule has 0 aliphatic rings. The zero-order chi connectivity index (χ0) is 24.3. The number of amides is 2. The molecular formula is C20H13ClF3N7O2S. The first kappa shape index (κ1) is 23.3. The number of H-pyrrole nitrogens is 1. The Hall–Kier alpha value is -3.84. The van der Waals surface area contributed by atoms with Crippen molar-refractivity contribution in [3.8, 4) is 11.3 Å². The monoisotopic (exact) mass is 507 g/mol. The van der Waals surface area contributed by atoms with Crippen LogP contribution >= 0.6 is 22.9 Å². The lowest BCUT2D eigenvalue weighted by Crippen LogP contribution is -2.23. The van der Waals surface area contributed by atoms with Crippen molar-refractivity contribution < 1.29 is 22.8 Å². The maximum Gasteiger partial charge on any atom is 0.417 e. The molecule has 0 bridgehead atoms. The highest BCUT2D eigenvalue weighted by Gasteiger charge is 2.33. The van der Waals surface area contributed by atoms with Gasteiger partial charge in [0.2, 0.25) is 0 Å². The minimum Gasteiger partial charge on any atom is -0.344 e. The van der Waals surface area contributed by atoms with E-state index in [2.05, 4.69) is 35.8 Å². The van der Waals surface area contributed by atoms with Crippen molar-refractivity contribution in [3.63, 3.8) is 0 Å². The van der Waals surface area contributed by atoms with Crippen LogP contribution in [0.15, 0.2) is 49.2 Å². The minimum absolute atomic E-state index is 0.0149. The van der Waals surface area contributed by atoms with Crippen LogP contribution in [0.4, 0.5) is 18.9 Å². The highest BCUT2D eigenvalue weighted by molar-refractivity contribution is 7.13. The zero-order valence-electron chi connectivity index (χ0n) is 16.9. The third kappa shape index (κ3) is 5.38. The Morgan fingerprint density at radius 1 is 1.09 bits per heavy atom. The van der Waals surface area contributed by atoms with E-state index in [4.69, 9.17) is 11.6 Å². The topological polar surface area (TPSA) is 126 Å². The molecule has 0 saturated carbocycles. The summed E-state index contributed by atoms with van der Waals surface area (Å²) < 4.78 is 39.0. The summed E-state index contributed by atoms with van der Waals surface area (Å²) in [5.41, 5.74) is 0.208. The molecule has 3 aromatic heterocycles. The van der Waals surface area contributed by atoms with E-state index in [-0.39, 0.29) is 22.8 Å². The fourth-order valence-electron chi connectivity index (χ4n) is 2.79. The molecule has 0 spiro atoms. The highest BCUT2D eigenvalue weighted by atomic mass is 35.5. The van der Waals surface area contributed by atoms with Crippen LogP contribution in [0.3, 0.4) is 0 Å². The molecule has 0 aliphatic heterocycles. The van der Waals surface area contributed by atoms with E-state index in [1.165, 1.54) is 24.7 Å². The maximum atomic E-state index is 13.0. The summed E-state index contributed by atoms with van der Waals surface area (Å²) in [5, 5.41) is 11.5. The second-order valence-corrected chi connectivity index (χ2v) is 8.25. The fourth-order valence-corrected chi connectivity index (χ4v) is 3.76. The van der Waals surface area contributed by atoms with Gasteiger partial charge in [0.05, 0.1) is 35.2 Å². The number of nitrogens with zero attached hydrogens (tertiary/aromatic N) is 4. The van der Waals surface area contributed by atoms with Crippen LogP contribution in [0.1, 0.15) is 30.7 Å². The number of hydrogen-bond donors (Lipinski definition) is 3. The summed E-state index contributed by atoms with van der Waals surface area (Å²) in [6.45, 7) is 0.0149. The number of anilines is 1. The molecule has 4 aromatic rings. The quantitative estimate of drug-likeness (QED) is 0.359. The Morgan fingerprint density at radius 2 is 1.91 bits per heavy atom. The molecule has 0 radical (unpaired) electrons. The van der Waals surface area contributed by atoms with Crippen LogP contribution in [-0.2, 0) is 12.7 Å². The summed E-state index contributed by atoms with van der Waals surface area (Å²) in [6, 6.07) is 4.57. The van der Waals surface area contributed by atoms with Crippen molar-refractivity contribution in [2.45, 2.75) is 12.7 Å². The molecule has 174 valence electrons. The molecule has 0 unspecified atom stereocenters. The molecule has 34 heavy (non-hydrogen) atoms. The van der Waals surface area contributed by atoms with E-state index in [0.717, 1.165) is 23.5 Å². The van der Waals surface area contributed by atoms with Gasteiger partial charge < -0.3 is 10.6 Å². The zero-order valence-corrected chi connectivity index (χ0v) is 18.4. The SMILES string of the molecule is O=C(NCc1ncc(C(=O)Nc2ccc(Cl)c(C(F)(F)F)c2)s1)c1cc(-c2cn[nH]c2)ncn1. The first-order valence-electron chi connectivity index (χ1n) is 9.43. The van der Waals surface area contributed by atoms with Gasteiger partial charge >= 0.3 is 6.18 Å². The van der Waals surface area contributed by atoms with Gasteiger partial charge in [0.1, 0.15) is 21.9 Å². The number of alkyl halides is 3. The summed E-state index contributed by atoms with van der Waals surface area (Å²) in [4.78, 5) is 37.1. The Labute approximate surface area is 198 Å². The molecule has 3 heterocycles. The predicted molar refractivity (Wildman–Crippen MR) is 117 cm³/mol. The smallest absolute Gasteiger partial charge is 0.344 e. The number of halogens is 4. The van der Waals surface area contributed by atoms with E-state index in [9.17, 15) is 22.8 Å². The number of carbonyl (C=O) groups is 2. The lowest BCUT2D eigenvalue weighted by molar-refractivity contribution is -0.137. The molecule has 0 fully saturated rings. The molecule has 3 N–H and O–H groups in total. The van der Waals surface area contributed by atoms with Crippen molar-refractivity contribution >= 4 is 40.4 Å². The molecule has 14 heteroatoms. The van der Waals surface area contributed by atoms with Gasteiger partial charge in [0, 0.05) is 17.4 Å². The number of hydrogen-bond acceptors (Lipinski definition) is 7. The van der Waals surface area contributed by atoms with Crippen LogP contribution < -0.4 is 10.6 Å². The van der Waals surface area contributed by atoms with Gasteiger partial charge in [-0.15, -0.1) is 11.3 Å². The first-order chi connectivity index (χ1) is 16.2. The third-order valence-corrected chi connectivity index (χ3v) is 5.73. The molecule has 0 aliphatic carbocycles. The van der Waals surface area contributed by atoms with E-state index in [1.54, 1.807) is 12.4 Å². The van der Waals surface area contributed by atoms with Crippen LogP contribution in [-0.4, -0.2) is 37.0 Å². The van der Waals surface area contributed by atoms with Gasteiger partial charge in [-0.05, 0) is 24.3 Å². The summed E-state index contributed by atoms with van der Waals surface area (Å²) in [5.74, 6) is -1.12. The molecule has 0 atom stereocenters. The number of nitrogens with one attached hydrogen (secondary N) is 3. The minimum atomic E-state index is -4.66. The molecule has 1 aromatic carbocycles.